The lowest BCUT2D eigenvalue weighted by molar-refractivity contribution is -0.122. The van der Waals surface area contributed by atoms with Crippen LogP contribution in [0.3, 0.4) is 0 Å². The minimum Gasteiger partial charge on any atom is -0.388 e. The van der Waals surface area contributed by atoms with Crippen molar-refractivity contribution in [3.05, 3.63) is 24.0 Å². The smallest absolute Gasteiger partial charge is 0.321 e. The molecule has 0 spiro atoms. The van der Waals surface area contributed by atoms with Gasteiger partial charge >= 0.3 is 6.03 Å². The quantitative estimate of drug-likeness (QED) is 0.695. The first kappa shape index (κ1) is 14.2. The Morgan fingerprint density at radius 3 is 2.78 bits per heavy atom. The van der Waals surface area contributed by atoms with Crippen LogP contribution in [0.25, 0.3) is 0 Å². The number of aromatic nitrogens is 1. The number of hydrogen-bond donors (Lipinski definition) is 3. The van der Waals surface area contributed by atoms with Gasteiger partial charge in [-0.1, -0.05) is 12.2 Å². The minimum absolute atomic E-state index is 0.206. The van der Waals surface area contributed by atoms with Crippen molar-refractivity contribution in [3.8, 4) is 0 Å². The van der Waals surface area contributed by atoms with Gasteiger partial charge in [0.1, 0.15) is 11.0 Å². The second-order valence-electron chi connectivity index (χ2n) is 3.69. The van der Waals surface area contributed by atoms with Gasteiger partial charge in [0, 0.05) is 12.7 Å². The number of urea groups is 1. The van der Waals surface area contributed by atoms with E-state index in [1.54, 1.807) is 36.7 Å². The normalized spacial score (nSPS) is 11.7. The lowest BCUT2D eigenvalue weighted by Crippen LogP contribution is -2.42. The lowest BCUT2D eigenvalue weighted by Gasteiger charge is -2.16. The fraction of sp³-hybridized carbons (Fsp3) is 0.364. The highest BCUT2D eigenvalue weighted by atomic mass is 32.1. The van der Waals surface area contributed by atoms with Gasteiger partial charge in [0.2, 0.25) is 0 Å². The monoisotopic (exact) mass is 268 g/mol. The van der Waals surface area contributed by atoms with Gasteiger partial charge in [0.25, 0.3) is 5.91 Å². The second kappa shape index (κ2) is 6.15. The van der Waals surface area contributed by atoms with Gasteiger partial charge in [-0.15, -0.1) is 0 Å². The largest absolute Gasteiger partial charge is 0.388 e. The molecular formula is C11H16N4O2S. The van der Waals surface area contributed by atoms with Crippen LogP contribution in [0, 0.1) is 0 Å². The van der Waals surface area contributed by atoms with Crippen LogP contribution in [-0.2, 0) is 4.79 Å². The molecule has 0 saturated heterocycles. The molecule has 1 aromatic heterocycles. The Morgan fingerprint density at radius 1 is 1.56 bits per heavy atom. The maximum Gasteiger partial charge on any atom is 0.321 e. The number of hydrogen-bond acceptors (Lipinski definition) is 3. The van der Waals surface area contributed by atoms with E-state index in [1.807, 2.05) is 0 Å². The Morgan fingerprint density at radius 2 is 2.22 bits per heavy atom. The van der Waals surface area contributed by atoms with Crippen molar-refractivity contribution in [1.82, 2.24) is 15.2 Å². The van der Waals surface area contributed by atoms with E-state index in [1.165, 1.54) is 0 Å². The van der Waals surface area contributed by atoms with Crippen LogP contribution in [0.4, 0.5) is 4.79 Å². The highest BCUT2D eigenvalue weighted by Crippen LogP contribution is 2.11. The summed E-state index contributed by atoms with van der Waals surface area (Å²) in [5.41, 5.74) is 6.13. The number of nitrogens with one attached hydrogen (secondary N) is 2. The van der Waals surface area contributed by atoms with Crippen LogP contribution in [0.5, 0.6) is 0 Å². The summed E-state index contributed by atoms with van der Waals surface area (Å²) in [6.07, 6.45) is 1.69. The molecule has 0 aliphatic heterocycles. The molecule has 6 nitrogen and oxygen atoms in total. The molecule has 18 heavy (non-hydrogen) atoms. The van der Waals surface area contributed by atoms with Gasteiger partial charge < -0.3 is 15.6 Å². The Kier molecular flexibility index (Phi) is 4.85. The van der Waals surface area contributed by atoms with Crippen LogP contribution < -0.4 is 16.4 Å². The van der Waals surface area contributed by atoms with Gasteiger partial charge in [0.05, 0.1) is 5.69 Å². The van der Waals surface area contributed by atoms with Crippen LogP contribution in [0.1, 0.15) is 25.6 Å². The van der Waals surface area contributed by atoms with E-state index >= 15 is 0 Å². The van der Waals surface area contributed by atoms with E-state index < -0.39 is 18.0 Å². The van der Waals surface area contributed by atoms with Crippen molar-refractivity contribution in [2.24, 2.45) is 5.73 Å². The van der Waals surface area contributed by atoms with E-state index in [2.05, 4.69) is 10.6 Å². The van der Waals surface area contributed by atoms with Crippen molar-refractivity contribution in [2.45, 2.75) is 19.9 Å². The van der Waals surface area contributed by atoms with Crippen molar-refractivity contribution in [1.29, 1.82) is 0 Å². The predicted octanol–water partition coefficient (Wildman–Crippen LogP) is 0.529. The maximum atomic E-state index is 11.8. The molecule has 4 N–H and O–H groups in total. The summed E-state index contributed by atoms with van der Waals surface area (Å²) >= 11 is 4.88. The summed E-state index contributed by atoms with van der Waals surface area (Å²) in [4.78, 5) is 23.3. The standard InChI is InChI=1S/C11H16N4O2S/c1-3-13-11(17)14-10(16)7(2)15-6-4-5-8(15)9(12)18/h4-7H,3H2,1-2H3,(H2,12,18)(H2,13,14,16,17). The number of rotatable bonds is 4. The second-order valence-corrected chi connectivity index (χ2v) is 4.13. The third-order valence-corrected chi connectivity index (χ3v) is 2.61. The number of thiocarbonyl (C=S) groups is 1. The zero-order valence-corrected chi connectivity index (χ0v) is 11.1. The summed E-state index contributed by atoms with van der Waals surface area (Å²) in [6.45, 7) is 3.88. The Hall–Kier alpha value is -1.89. The molecule has 3 amide bonds. The van der Waals surface area contributed by atoms with Crippen molar-refractivity contribution in [3.63, 3.8) is 0 Å². The van der Waals surface area contributed by atoms with Gasteiger partial charge in [0.15, 0.2) is 0 Å². The molecule has 1 rings (SSSR count). The molecule has 98 valence electrons. The fourth-order valence-electron chi connectivity index (χ4n) is 1.49. The SMILES string of the molecule is CCNC(=O)NC(=O)C(C)n1cccc1C(N)=S. The molecule has 1 atom stereocenters. The van der Waals surface area contributed by atoms with Gasteiger partial charge in [-0.3, -0.25) is 10.1 Å². The van der Waals surface area contributed by atoms with Crippen molar-refractivity contribution >= 4 is 29.1 Å². The van der Waals surface area contributed by atoms with Crippen LogP contribution in [0.15, 0.2) is 18.3 Å². The number of imide groups is 1. The molecule has 0 fully saturated rings. The van der Waals surface area contributed by atoms with E-state index in [-0.39, 0.29) is 4.99 Å². The highest BCUT2D eigenvalue weighted by Gasteiger charge is 2.19. The fourth-order valence-corrected chi connectivity index (χ4v) is 1.66. The van der Waals surface area contributed by atoms with Gasteiger partial charge in [-0.05, 0) is 26.0 Å². The topological polar surface area (TPSA) is 89.2 Å². The molecule has 7 heteroatoms. The Balaban J connectivity index is 2.77. The van der Waals surface area contributed by atoms with Gasteiger partial charge in [-0.2, -0.15) is 0 Å². The number of nitrogens with two attached hydrogens (primary N) is 1. The van der Waals surface area contributed by atoms with Crippen LogP contribution in [0.2, 0.25) is 0 Å². The third kappa shape index (κ3) is 3.30. The number of carbonyl (C=O) groups excluding carboxylic acids is 2. The molecule has 1 heterocycles. The van der Waals surface area contributed by atoms with Crippen LogP contribution >= 0.6 is 12.2 Å². The first-order chi connectivity index (χ1) is 8.47. The average Bonchev–Trinajstić information content (AvgIpc) is 2.76. The summed E-state index contributed by atoms with van der Waals surface area (Å²) in [6, 6.07) is 2.38. The summed E-state index contributed by atoms with van der Waals surface area (Å²) in [5, 5.41) is 4.72. The first-order valence-corrected chi connectivity index (χ1v) is 5.93. The highest BCUT2D eigenvalue weighted by molar-refractivity contribution is 7.80. The summed E-state index contributed by atoms with van der Waals surface area (Å²) < 4.78 is 1.62. The van der Waals surface area contributed by atoms with Crippen molar-refractivity contribution in [2.75, 3.05) is 6.54 Å². The lowest BCUT2D eigenvalue weighted by atomic mass is 10.3. The number of carbonyl (C=O) groups is 2. The maximum absolute atomic E-state index is 11.8. The predicted molar refractivity (Wildman–Crippen MR) is 72.2 cm³/mol. The average molecular weight is 268 g/mol. The van der Waals surface area contributed by atoms with Gasteiger partial charge in [-0.25, -0.2) is 4.79 Å². The number of nitrogens with zero attached hydrogens (tertiary/aromatic N) is 1. The molecule has 1 aromatic rings. The third-order valence-electron chi connectivity index (χ3n) is 2.40. The Labute approximate surface area is 111 Å². The zero-order chi connectivity index (χ0) is 13.7. The van der Waals surface area contributed by atoms with E-state index in [0.29, 0.717) is 12.2 Å². The zero-order valence-electron chi connectivity index (χ0n) is 10.3. The molecular weight excluding hydrogens is 252 g/mol. The van der Waals surface area contributed by atoms with E-state index in [9.17, 15) is 9.59 Å². The van der Waals surface area contributed by atoms with Crippen molar-refractivity contribution < 1.29 is 9.59 Å². The number of amides is 3. The first-order valence-electron chi connectivity index (χ1n) is 5.52. The van der Waals surface area contributed by atoms with E-state index in [0.717, 1.165) is 0 Å². The van der Waals surface area contributed by atoms with Crippen LogP contribution in [-0.4, -0.2) is 28.0 Å². The molecule has 0 radical (unpaired) electrons. The summed E-state index contributed by atoms with van der Waals surface area (Å²) in [5.74, 6) is -0.422. The molecule has 0 saturated carbocycles. The molecule has 0 aliphatic carbocycles. The molecule has 0 aliphatic rings. The van der Waals surface area contributed by atoms with E-state index in [4.69, 9.17) is 18.0 Å². The molecule has 1 unspecified atom stereocenters. The summed E-state index contributed by atoms with van der Waals surface area (Å²) in [7, 11) is 0. The molecule has 0 aromatic carbocycles. The Bertz CT molecular complexity index is 469. The minimum atomic E-state index is -0.570. The molecule has 0 bridgehead atoms.